The van der Waals surface area contributed by atoms with Crippen LogP contribution in [-0.2, 0) is 14.3 Å². The fourth-order valence-electron chi connectivity index (χ4n) is 2.90. The molecule has 0 bridgehead atoms. The van der Waals surface area contributed by atoms with E-state index < -0.39 is 12.1 Å². The lowest BCUT2D eigenvalue weighted by molar-refractivity contribution is -0.192. The van der Waals surface area contributed by atoms with Gasteiger partial charge in [0.2, 0.25) is 5.91 Å². The third kappa shape index (κ3) is 5.52. The van der Waals surface area contributed by atoms with E-state index in [2.05, 4.69) is 15.1 Å². The Morgan fingerprint density at radius 3 is 2.30 bits per heavy atom. The van der Waals surface area contributed by atoms with Gasteiger partial charge in [-0.05, 0) is 31.9 Å². The number of piperidine rings is 1. The predicted octanol–water partition coefficient (Wildman–Crippen LogP) is 1.25. The highest BCUT2D eigenvalue weighted by molar-refractivity contribution is 5.78. The molecule has 1 aromatic rings. The Morgan fingerprint density at radius 1 is 1.26 bits per heavy atom. The number of nitrogens with zero attached hydrogens (tertiary/aromatic N) is 4. The first-order valence-electron chi connectivity index (χ1n) is 8.26. The maximum Gasteiger partial charge on any atom is 0.490 e. The number of carboxylic acid groups (broad SMARTS) is 1. The van der Waals surface area contributed by atoms with E-state index in [1.54, 1.807) is 4.90 Å². The number of aromatic nitrogens is 2. The van der Waals surface area contributed by atoms with Crippen LogP contribution in [0.15, 0.2) is 12.1 Å². The molecule has 0 radical (unpaired) electrons. The standard InChI is InChI=1S/C14H20N4O2.C2HF3O2/c1-11-3-4-12(16-15-11)18-7-5-14(6-8-18)10-17(2)13(19)9-20-14;3-2(4,5)1(6)7/h3-4H,5-10H2,1-2H3;(H,6,7). The molecule has 1 amide bonds. The Balaban J connectivity index is 0.000000321. The van der Waals surface area contributed by atoms with Crippen LogP contribution in [0.4, 0.5) is 19.0 Å². The summed E-state index contributed by atoms with van der Waals surface area (Å²) < 4.78 is 37.6. The van der Waals surface area contributed by atoms with Gasteiger partial charge in [0.05, 0.1) is 11.3 Å². The van der Waals surface area contributed by atoms with Crippen LogP contribution in [0.5, 0.6) is 0 Å². The highest BCUT2D eigenvalue weighted by Crippen LogP contribution is 2.31. The summed E-state index contributed by atoms with van der Waals surface area (Å²) in [5.74, 6) is -1.76. The maximum absolute atomic E-state index is 11.5. The lowest BCUT2D eigenvalue weighted by Crippen LogP contribution is -2.57. The summed E-state index contributed by atoms with van der Waals surface area (Å²) >= 11 is 0. The van der Waals surface area contributed by atoms with Gasteiger partial charge in [-0.2, -0.15) is 18.3 Å². The largest absolute Gasteiger partial charge is 0.490 e. The topological polar surface area (TPSA) is 95.9 Å². The quantitative estimate of drug-likeness (QED) is 0.771. The number of rotatable bonds is 1. The molecule has 0 atom stereocenters. The van der Waals surface area contributed by atoms with Crippen molar-refractivity contribution >= 4 is 17.7 Å². The van der Waals surface area contributed by atoms with Crippen molar-refractivity contribution in [2.45, 2.75) is 31.5 Å². The summed E-state index contributed by atoms with van der Waals surface area (Å²) in [6.45, 7) is 4.62. The molecule has 3 heterocycles. The summed E-state index contributed by atoms with van der Waals surface area (Å²) in [6.07, 6.45) is -3.25. The zero-order valence-electron chi connectivity index (χ0n) is 15.0. The molecule has 1 N–H and O–H groups in total. The number of hydrogen-bond donors (Lipinski definition) is 1. The fraction of sp³-hybridized carbons (Fsp3) is 0.625. The number of morpholine rings is 1. The summed E-state index contributed by atoms with van der Waals surface area (Å²) in [7, 11) is 1.85. The van der Waals surface area contributed by atoms with Gasteiger partial charge in [0.25, 0.3) is 0 Å². The molecular formula is C16H21F3N4O4. The zero-order chi connectivity index (χ0) is 20.2. The molecule has 2 aliphatic heterocycles. The van der Waals surface area contributed by atoms with Gasteiger partial charge in [0.1, 0.15) is 6.61 Å². The number of ether oxygens (including phenoxy) is 1. The zero-order valence-corrected chi connectivity index (χ0v) is 15.0. The Labute approximate surface area is 153 Å². The molecule has 0 aliphatic carbocycles. The van der Waals surface area contributed by atoms with Crippen LogP contribution >= 0.6 is 0 Å². The van der Waals surface area contributed by atoms with Gasteiger partial charge in [-0.25, -0.2) is 4.79 Å². The van der Waals surface area contributed by atoms with Gasteiger partial charge in [0, 0.05) is 26.7 Å². The summed E-state index contributed by atoms with van der Waals surface area (Å²) in [5.41, 5.74) is 0.759. The lowest BCUT2D eigenvalue weighted by Gasteiger charge is -2.46. The average Bonchev–Trinajstić information content (AvgIpc) is 2.60. The van der Waals surface area contributed by atoms with E-state index in [4.69, 9.17) is 14.6 Å². The molecule has 1 aromatic heterocycles. The van der Waals surface area contributed by atoms with Crippen LogP contribution in [0.2, 0.25) is 0 Å². The van der Waals surface area contributed by atoms with Crippen LogP contribution in [0, 0.1) is 6.92 Å². The molecule has 0 aromatic carbocycles. The third-order valence-electron chi connectivity index (χ3n) is 4.48. The van der Waals surface area contributed by atoms with Crippen molar-refractivity contribution in [3.05, 3.63) is 17.8 Å². The second-order valence-electron chi connectivity index (χ2n) is 6.54. The number of halogens is 3. The minimum Gasteiger partial charge on any atom is -0.475 e. The monoisotopic (exact) mass is 390 g/mol. The van der Waals surface area contributed by atoms with Gasteiger partial charge in [0.15, 0.2) is 5.82 Å². The maximum atomic E-state index is 11.5. The van der Waals surface area contributed by atoms with Crippen molar-refractivity contribution in [2.24, 2.45) is 0 Å². The number of carboxylic acids is 1. The van der Waals surface area contributed by atoms with E-state index in [1.165, 1.54) is 0 Å². The average molecular weight is 390 g/mol. The highest BCUT2D eigenvalue weighted by atomic mass is 19.4. The van der Waals surface area contributed by atoms with Crippen molar-refractivity contribution in [2.75, 3.05) is 38.2 Å². The molecular weight excluding hydrogens is 369 g/mol. The van der Waals surface area contributed by atoms with E-state index in [-0.39, 0.29) is 18.1 Å². The molecule has 8 nitrogen and oxygen atoms in total. The molecule has 150 valence electrons. The molecule has 0 unspecified atom stereocenters. The Hall–Kier alpha value is -2.43. The van der Waals surface area contributed by atoms with E-state index in [0.29, 0.717) is 6.54 Å². The van der Waals surface area contributed by atoms with Crippen molar-refractivity contribution in [1.82, 2.24) is 15.1 Å². The summed E-state index contributed by atoms with van der Waals surface area (Å²) in [5, 5.41) is 15.5. The molecule has 2 fully saturated rings. The van der Waals surface area contributed by atoms with E-state index >= 15 is 0 Å². The fourth-order valence-corrected chi connectivity index (χ4v) is 2.90. The first-order chi connectivity index (χ1) is 12.5. The van der Waals surface area contributed by atoms with Crippen molar-refractivity contribution in [3.63, 3.8) is 0 Å². The number of likely N-dealkylation sites (N-methyl/N-ethyl adjacent to an activating group) is 1. The predicted molar refractivity (Wildman–Crippen MR) is 88.2 cm³/mol. The minimum absolute atomic E-state index is 0.0717. The smallest absolute Gasteiger partial charge is 0.475 e. The molecule has 2 saturated heterocycles. The molecule has 0 saturated carbocycles. The normalized spacial score (nSPS) is 19.5. The van der Waals surface area contributed by atoms with Gasteiger partial charge >= 0.3 is 12.1 Å². The van der Waals surface area contributed by atoms with Gasteiger partial charge < -0.3 is 19.6 Å². The summed E-state index contributed by atoms with van der Waals surface area (Å²) in [6, 6.07) is 3.99. The second kappa shape index (κ2) is 8.07. The number of carbonyl (C=O) groups excluding carboxylic acids is 1. The molecule has 11 heteroatoms. The Bertz CT molecular complexity index is 673. The van der Waals surface area contributed by atoms with Crippen LogP contribution in [0.1, 0.15) is 18.5 Å². The van der Waals surface area contributed by atoms with Gasteiger partial charge in [-0.15, -0.1) is 5.10 Å². The number of carbonyl (C=O) groups is 2. The van der Waals surface area contributed by atoms with Crippen LogP contribution in [0.3, 0.4) is 0 Å². The van der Waals surface area contributed by atoms with Crippen LogP contribution < -0.4 is 4.90 Å². The van der Waals surface area contributed by atoms with E-state index in [9.17, 15) is 18.0 Å². The van der Waals surface area contributed by atoms with Gasteiger partial charge in [-0.3, -0.25) is 4.79 Å². The Kier molecular flexibility index (Phi) is 6.24. The van der Waals surface area contributed by atoms with Gasteiger partial charge in [-0.1, -0.05) is 0 Å². The van der Waals surface area contributed by atoms with Crippen molar-refractivity contribution in [1.29, 1.82) is 0 Å². The first-order valence-corrected chi connectivity index (χ1v) is 8.26. The number of alkyl halides is 3. The molecule has 1 spiro atoms. The van der Waals surface area contributed by atoms with Crippen LogP contribution in [-0.4, -0.2) is 77.1 Å². The Morgan fingerprint density at radius 2 is 1.85 bits per heavy atom. The minimum atomic E-state index is -5.08. The lowest BCUT2D eigenvalue weighted by atomic mass is 9.89. The molecule has 3 rings (SSSR count). The van der Waals surface area contributed by atoms with E-state index in [1.807, 2.05) is 26.1 Å². The number of aryl methyl sites for hydroxylation is 1. The number of hydrogen-bond acceptors (Lipinski definition) is 6. The van der Waals surface area contributed by atoms with Crippen LogP contribution in [0.25, 0.3) is 0 Å². The second-order valence-corrected chi connectivity index (χ2v) is 6.54. The van der Waals surface area contributed by atoms with E-state index in [0.717, 1.165) is 37.4 Å². The molecule has 27 heavy (non-hydrogen) atoms. The SMILES string of the molecule is Cc1ccc(N2CCC3(CC2)CN(C)C(=O)CO3)nn1.O=C(O)C(F)(F)F. The van der Waals surface area contributed by atoms with Crippen molar-refractivity contribution < 1.29 is 32.6 Å². The number of amides is 1. The first kappa shape index (κ1) is 20.9. The molecule has 2 aliphatic rings. The number of anilines is 1. The third-order valence-corrected chi connectivity index (χ3v) is 4.48. The summed E-state index contributed by atoms with van der Waals surface area (Å²) in [4.78, 5) is 24.4. The van der Waals surface area contributed by atoms with Crippen molar-refractivity contribution in [3.8, 4) is 0 Å². The number of aliphatic carboxylic acids is 1. The highest BCUT2D eigenvalue weighted by Gasteiger charge is 2.41.